The fourth-order valence-corrected chi connectivity index (χ4v) is 3.81. The molecule has 2 rings (SSSR count). The molecule has 0 saturated heterocycles. The summed E-state index contributed by atoms with van der Waals surface area (Å²) >= 11 is 0. The Hall–Kier alpha value is -1.26. The van der Waals surface area contributed by atoms with Crippen LogP contribution in [0.2, 0.25) is 0 Å². The van der Waals surface area contributed by atoms with Gasteiger partial charge in [-0.2, -0.15) is 0 Å². The third-order valence-corrected chi connectivity index (χ3v) is 5.12. The Balaban J connectivity index is 1.95. The molecule has 0 unspecified atom stereocenters. The van der Waals surface area contributed by atoms with Crippen LogP contribution < -0.4 is 5.32 Å². The van der Waals surface area contributed by atoms with Crippen LogP contribution in [-0.2, 0) is 4.79 Å². The van der Waals surface area contributed by atoms with Gasteiger partial charge in [-0.1, -0.05) is 38.5 Å². The molecule has 0 aromatic rings. The lowest BCUT2D eigenvalue weighted by atomic mass is 9.93. The third kappa shape index (κ3) is 4.35. The molecule has 0 radical (unpaired) electrons. The Bertz CT molecular complexity index is 370. The highest BCUT2D eigenvalue weighted by atomic mass is 16.4. The van der Waals surface area contributed by atoms with Gasteiger partial charge in [-0.3, -0.25) is 4.79 Å². The first kappa shape index (κ1) is 16.1. The number of urea groups is 1. The minimum atomic E-state index is -0.825. The minimum absolute atomic E-state index is 0.0389. The van der Waals surface area contributed by atoms with Crippen LogP contribution in [0.15, 0.2) is 0 Å². The monoisotopic (exact) mass is 296 g/mol. The van der Waals surface area contributed by atoms with Crippen LogP contribution in [0, 0.1) is 0 Å². The van der Waals surface area contributed by atoms with E-state index in [-0.39, 0.29) is 12.5 Å². The van der Waals surface area contributed by atoms with Crippen LogP contribution in [0.3, 0.4) is 0 Å². The molecule has 0 spiro atoms. The van der Waals surface area contributed by atoms with Gasteiger partial charge >= 0.3 is 12.0 Å². The summed E-state index contributed by atoms with van der Waals surface area (Å²) in [6.45, 7) is 0. The zero-order valence-electron chi connectivity index (χ0n) is 13.1. The van der Waals surface area contributed by atoms with E-state index < -0.39 is 11.5 Å². The van der Waals surface area contributed by atoms with Crippen LogP contribution >= 0.6 is 0 Å². The fourth-order valence-electron chi connectivity index (χ4n) is 3.81. The first-order valence-corrected chi connectivity index (χ1v) is 8.29. The summed E-state index contributed by atoms with van der Waals surface area (Å²) < 4.78 is 0. The van der Waals surface area contributed by atoms with Gasteiger partial charge in [-0.25, -0.2) is 4.79 Å². The maximum absolute atomic E-state index is 12.5. The number of nitrogens with one attached hydrogen (secondary N) is 1. The van der Waals surface area contributed by atoms with E-state index in [0.717, 1.165) is 38.5 Å². The standard InChI is InChI=1S/C16H28N2O3/c1-18(13-8-4-2-3-5-9-13)15(21)17-16(12-14(19)20)10-6-7-11-16/h13H,2-12H2,1H3,(H,17,21)(H,19,20). The summed E-state index contributed by atoms with van der Waals surface area (Å²) in [5, 5.41) is 12.2. The average molecular weight is 296 g/mol. The van der Waals surface area contributed by atoms with Crippen molar-refractivity contribution in [3.63, 3.8) is 0 Å². The van der Waals surface area contributed by atoms with Crippen LogP contribution in [0.4, 0.5) is 4.79 Å². The van der Waals surface area contributed by atoms with E-state index in [9.17, 15) is 9.59 Å². The Morgan fingerprint density at radius 2 is 1.67 bits per heavy atom. The number of hydrogen-bond donors (Lipinski definition) is 2. The number of carboxylic acid groups (broad SMARTS) is 1. The molecule has 0 aliphatic heterocycles. The highest BCUT2D eigenvalue weighted by Gasteiger charge is 2.38. The van der Waals surface area contributed by atoms with E-state index in [0.29, 0.717) is 6.04 Å². The number of nitrogens with zero attached hydrogens (tertiary/aromatic N) is 1. The van der Waals surface area contributed by atoms with Gasteiger partial charge in [0.15, 0.2) is 0 Å². The molecule has 2 aliphatic carbocycles. The van der Waals surface area contributed by atoms with Crippen molar-refractivity contribution in [2.24, 2.45) is 0 Å². The summed E-state index contributed by atoms with van der Waals surface area (Å²) in [7, 11) is 1.86. The third-order valence-electron chi connectivity index (χ3n) is 5.12. The van der Waals surface area contributed by atoms with Crippen molar-refractivity contribution < 1.29 is 14.7 Å². The first-order valence-electron chi connectivity index (χ1n) is 8.29. The van der Waals surface area contributed by atoms with Crippen molar-refractivity contribution in [3.05, 3.63) is 0 Å². The lowest BCUT2D eigenvalue weighted by Gasteiger charge is -2.34. The molecular formula is C16H28N2O3. The van der Waals surface area contributed by atoms with E-state index in [2.05, 4.69) is 5.32 Å². The summed E-state index contributed by atoms with van der Waals surface area (Å²) in [6.07, 6.45) is 10.6. The second-order valence-electron chi connectivity index (χ2n) is 6.74. The van der Waals surface area contributed by atoms with Gasteiger partial charge < -0.3 is 15.3 Å². The zero-order valence-corrected chi connectivity index (χ0v) is 13.1. The normalized spacial score (nSPS) is 22.5. The molecule has 5 heteroatoms. The van der Waals surface area contributed by atoms with Gasteiger partial charge in [0.25, 0.3) is 0 Å². The first-order chi connectivity index (χ1) is 10.0. The van der Waals surface area contributed by atoms with Crippen LogP contribution in [-0.4, -0.2) is 40.6 Å². The van der Waals surface area contributed by atoms with E-state index in [1.54, 1.807) is 0 Å². The summed E-state index contributed by atoms with van der Waals surface area (Å²) in [5.74, 6) is -0.825. The molecule has 0 heterocycles. The molecule has 0 aromatic heterocycles. The Kier molecular flexibility index (Phi) is 5.48. The molecule has 2 N–H and O–H groups in total. The van der Waals surface area contributed by atoms with Crippen molar-refractivity contribution in [2.75, 3.05) is 7.05 Å². The molecule has 120 valence electrons. The van der Waals surface area contributed by atoms with E-state index in [1.165, 1.54) is 25.7 Å². The SMILES string of the molecule is CN(C(=O)NC1(CC(=O)O)CCCC1)C1CCCCCC1. The van der Waals surface area contributed by atoms with Crippen molar-refractivity contribution in [1.82, 2.24) is 10.2 Å². The van der Waals surface area contributed by atoms with Gasteiger partial charge in [0.1, 0.15) is 0 Å². The number of rotatable bonds is 4. The molecule has 2 aliphatic rings. The van der Waals surface area contributed by atoms with Crippen molar-refractivity contribution in [1.29, 1.82) is 0 Å². The molecule has 2 amide bonds. The Morgan fingerprint density at radius 1 is 1.10 bits per heavy atom. The number of carbonyl (C=O) groups is 2. The lowest BCUT2D eigenvalue weighted by molar-refractivity contribution is -0.138. The topological polar surface area (TPSA) is 69.6 Å². The molecule has 5 nitrogen and oxygen atoms in total. The largest absolute Gasteiger partial charge is 0.481 e. The highest BCUT2D eigenvalue weighted by molar-refractivity contribution is 5.77. The fraction of sp³-hybridized carbons (Fsp3) is 0.875. The second kappa shape index (κ2) is 7.14. The number of amides is 2. The molecule has 0 bridgehead atoms. The number of carboxylic acids is 1. The maximum Gasteiger partial charge on any atom is 0.317 e. The Labute approximate surface area is 127 Å². The number of aliphatic carboxylic acids is 1. The predicted octanol–water partition coefficient (Wildman–Crippen LogP) is 3.14. The molecule has 2 fully saturated rings. The summed E-state index contributed by atoms with van der Waals surface area (Å²) in [4.78, 5) is 25.4. The van der Waals surface area contributed by atoms with Gasteiger partial charge in [0.05, 0.1) is 12.0 Å². The van der Waals surface area contributed by atoms with Crippen molar-refractivity contribution in [3.8, 4) is 0 Å². The number of hydrogen-bond acceptors (Lipinski definition) is 2. The number of carbonyl (C=O) groups excluding carboxylic acids is 1. The molecule has 21 heavy (non-hydrogen) atoms. The van der Waals surface area contributed by atoms with Gasteiger partial charge in [0, 0.05) is 13.1 Å². The summed E-state index contributed by atoms with van der Waals surface area (Å²) in [5.41, 5.74) is -0.526. The molecule has 2 saturated carbocycles. The highest BCUT2D eigenvalue weighted by Crippen LogP contribution is 2.33. The second-order valence-corrected chi connectivity index (χ2v) is 6.74. The Morgan fingerprint density at radius 3 is 2.19 bits per heavy atom. The van der Waals surface area contributed by atoms with E-state index in [4.69, 9.17) is 5.11 Å². The van der Waals surface area contributed by atoms with Crippen LogP contribution in [0.1, 0.15) is 70.6 Å². The lowest BCUT2D eigenvalue weighted by Crippen LogP contribution is -2.54. The molecular weight excluding hydrogens is 268 g/mol. The maximum atomic E-state index is 12.5. The van der Waals surface area contributed by atoms with Crippen LogP contribution in [0.25, 0.3) is 0 Å². The quantitative estimate of drug-likeness (QED) is 0.783. The van der Waals surface area contributed by atoms with E-state index >= 15 is 0 Å². The van der Waals surface area contributed by atoms with E-state index in [1.807, 2.05) is 11.9 Å². The molecule has 0 aromatic carbocycles. The smallest absolute Gasteiger partial charge is 0.317 e. The van der Waals surface area contributed by atoms with Crippen molar-refractivity contribution in [2.45, 2.75) is 82.2 Å². The van der Waals surface area contributed by atoms with Gasteiger partial charge in [-0.15, -0.1) is 0 Å². The average Bonchev–Trinajstić information content (AvgIpc) is 2.72. The minimum Gasteiger partial charge on any atom is -0.481 e. The van der Waals surface area contributed by atoms with Gasteiger partial charge in [0.2, 0.25) is 0 Å². The van der Waals surface area contributed by atoms with Crippen molar-refractivity contribution >= 4 is 12.0 Å². The zero-order chi connectivity index (χ0) is 15.3. The predicted molar refractivity (Wildman–Crippen MR) is 81.2 cm³/mol. The molecule has 0 atom stereocenters. The van der Waals surface area contributed by atoms with Gasteiger partial charge in [-0.05, 0) is 25.7 Å². The summed E-state index contributed by atoms with van der Waals surface area (Å²) in [6, 6.07) is 0.209. The van der Waals surface area contributed by atoms with Crippen LogP contribution in [0.5, 0.6) is 0 Å².